The number of hydrogen-bond acceptors (Lipinski definition) is 5. The average Bonchev–Trinajstić information content (AvgIpc) is 2.59. The summed E-state index contributed by atoms with van der Waals surface area (Å²) >= 11 is 0. The van der Waals surface area contributed by atoms with Gasteiger partial charge in [0.2, 0.25) is 5.65 Å². The first-order valence-corrected chi connectivity index (χ1v) is 4.22. The number of aromatic nitrogens is 4. The van der Waals surface area contributed by atoms with Gasteiger partial charge in [-0.25, -0.2) is 0 Å². The van der Waals surface area contributed by atoms with Crippen LogP contribution in [0.15, 0.2) is 6.07 Å². The van der Waals surface area contributed by atoms with E-state index in [1.807, 2.05) is 13.0 Å². The van der Waals surface area contributed by atoms with E-state index in [9.17, 15) is 0 Å². The highest BCUT2D eigenvalue weighted by Crippen LogP contribution is 2.17. The molecule has 2 rings (SSSR count). The molecule has 0 amide bonds. The Morgan fingerprint density at radius 2 is 2.29 bits per heavy atom. The van der Waals surface area contributed by atoms with Crippen molar-refractivity contribution in [3.8, 4) is 5.75 Å². The molecular formula is C8H11N5O. The molecule has 6 heteroatoms. The van der Waals surface area contributed by atoms with Crippen molar-refractivity contribution in [2.75, 3.05) is 7.11 Å². The van der Waals surface area contributed by atoms with Gasteiger partial charge in [-0.1, -0.05) is 0 Å². The number of ether oxygens (including phenoxy) is 1. The van der Waals surface area contributed by atoms with Crippen LogP contribution in [-0.4, -0.2) is 26.9 Å². The van der Waals surface area contributed by atoms with Gasteiger partial charge in [0.1, 0.15) is 0 Å². The van der Waals surface area contributed by atoms with Crippen LogP contribution in [0.4, 0.5) is 0 Å². The van der Waals surface area contributed by atoms with Crippen LogP contribution in [0.2, 0.25) is 0 Å². The quantitative estimate of drug-likeness (QED) is 0.720. The van der Waals surface area contributed by atoms with E-state index in [-0.39, 0.29) is 0 Å². The van der Waals surface area contributed by atoms with E-state index >= 15 is 0 Å². The monoisotopic (exact) mass is 193 g/mol. The second kappa shape index (κ2) is 3.22. The summed E-state index contributed by atoms with van der Waals surface area (Å²) < 4.78 is 6.77. The minimum absolute atomic E-state index is 0.306. The maximum Gasteiger partial charge on any atom is 0.220 e. The Labute approximate surface area is 80.7 Å². The van der Waals surface area contributed by atoms with Crippen molar-refractivity contribution < 1.29 is 4.74 Å². The zero-order chi connectivity index (χ0) is 10.1. The fraction of sp³-hybridized carbons (Fsp3) is 0.375. The van der Waals surface area contributed by atoms with Crippen molar-refractivity contribution in [1.29, 1.82) is 0 Å². The highest BCUT2D eigenvalue weighted by Gasteiger charge is 2.10. The summed E-state index contributed by atoms with van der Waals surface area (Å²) in [7, 11) is 1.59. The Morgan fingerprint density at radius 1 is 1.50 bits per heavy atom. The minimum Gasteiger partial charge on any atom is -0.493 e. The third-order valence-corrected chi connectivity index (χ3v) is 1.93. The summed E-state index contributed by atoms with van der Waals surface area (Å²) in [4.78, 5) is 0. The van der Waals surface area contributed by atoms with Gasteiger partial charge in [-0.3, -0.25) is 0 Å². The molecule has 6 nitrogen and oxygen atoms in total. The highest BCUT2D eigenvalue weighted by atomic mass is 16.5. The van der Waals surface area contributed by atoms with Gasteiger partial charge in [0.05, 0.1) is 19.3 Å². The molecule has 0 atom stereocenters. The lowest BCUT2D eigenvalue weighted by molar-refractivity contribution is 0.414. The molecule has 2 aromatic heterocycles. The van der Waals surface area contributed by atoms with Crippen molar-refractivity contribution in [3.05, 3.63) is 17.6 Å². The smallest absolute Gasteiger partial charge is 0.220 e. The van der Waals surface area contributed by atoms with Gasteiger partial charge in [-0.15, -0.1) is 10.2 Å². The molecule has 0 saturated carbocycles. The molecule has 0 saturated heterocycles. The molecule has 74 valence electrons. The van der Waals surface area contributed by atoms with Gasteiger partial charge in [0.15, 0.2) is 11.6 Å². The molecule has 0 fully saturated rings. The zero-order valence-electron chi connectivity index (χ0n) is 8.06. The second-order valence-electron chi connectivity index (χ2n) is 2.91. The number of aryl methyl sites for hydroxylation is 1. The fourth-order valence-corrected chi connectivity index (χ4v) is 1.29. The fourth-order valence-electron chi connectivity index (χ4n) is 1.29. The molecule has 0 aliphatic carbocycles. The Kier molecular flexibility index (Phi) is 2.05. The Balaban J connectivity index is 2.76. The van der Waals surface area contributed by atoms with Crippen LogP contribution in [0.25, 0.3) is 5.65 Å². The highest BCUT2D eigenvalue weighted by molar-refractivity contribution is 5.52. The van der Waals surface area contributed by atoms with Crippen molar-refractivity contribution >= 4 is 5.65 Å². The van der Waals surface area contributed by atoms with Crippen LogP contribution >= 0.6 is 0 Å². The minimum atomic E-state index is 0.306. The van der Waals surface area contributed by atoms with Crippen LogP contribution in [0.5, 0.6) is 5.75 Å². The number of rotatable bonds is 2. The molecule has 2 aromatic rings. The molecule has 0 bridgehead atoms. The normalized spacial score (nSPS) is 10.8. The Bertz CT molecular complexity index is 464. The third kappa shape index (κ3) is 1.20. The number of nitrogens with two attached hydrogens (primary N) is 1. The largest absolute Gasteiger partial charge is 0.493 e. The van der Waals surface area contributed by atoms with Crippen LogP contribution in [0.1, 0.15) is 11.5 Å². The lowest BCUT2D eigenvalue weighted by Gasteiger charge is -2.02. The van der Waals surface area contributed by atoms with E-state index in [1.54, 1.807) is 11.6 Å². The van der Waals surface area contributed by atoms with Crippen LogP contribution in [0.3, 0.4) is 0 Å². The van der Waals surface area contributed by atoms with E-state index in [0.29, 0.717) is 23.8 Å². The van der Waals surface area contributed by atoms with Crippen molar-refractivity contribution in [3.63, 3.8) is 0 Å². The van der Waals surface area contributed by atoms with Crippen molar-refractivity contribution in [1.82, 2.24) is 19.8 Å². The molecule has 2 N–H and O–H groups in total. The summed E-state index contributed by atoms with van der Waals surface area (Å²) in [6.07, 6.45) is 0. The maximum atomic E-state index is 5.50. The van der Waals surface area contributed by atoms with Gasteiger partial charge in [0.25, 0.3) is 0 Å². The first-order chi connectivity index (χ1) is 6.76. The van der Waals surface area contributed by atoms with E-state index < -0.39 is 0 Å². The lowest BCUT2D eigenvalue weighted by atomic mass is 10.4. The van der Waals surface area contributed by atoms with E-state index in [1.165, 1.54) is 0 Å². The predicted molar refractivity (Wildman–Crippen MR) is 50.0 cm³/mol. The molecule has 0 aromatic carbocycles. The molecule has 14 heavy (non-hydrogen) atoms. The number of fused-ring (bicyclic) bond motifs is 1. The Morgan fingerprint density at radius 3 is 2.93 bits per heavy atom. The third-order valence-electron chi connectivity index (χ3n) is 1.93. The van der Waals surface area contributed by atoms with Crippen molar-refractivity contribution in [2.24, 2.45) is 5.73 Å². The number of nitrogens with zero attached hydrogens (tertiary/aromatic N) is 4. The van der Waals surface area contributed by atoms with Gasteiger partial charge in [-0.2, -0.15) is 9.61 Å². The SMILES string of the molecule is COc1cc(C)nn2c(CN)nnc12. The summed E-state index contributed by atoms with van der Waals surface area (Å²) in [6.45, 7) is 2.18. The second-order valence-corrected chi connectivity index (χ2v) is 2.91. The van der Waals surface area contributed by atoms with Gasteiger partial charge < -0.3 is 10.5 Å². The summed E-state index contributed by atoms with van der Waals surface area (Å²) in [5, 5.41) is 12.1. The van der Waals surface area contributed by atoms with E-state index in [2.05, 4.69) is 15.3 Å². The van der Waals surface area contributed by atoms with Gasteiger partial charge >= 0.3 is 0 Å². The molecule has 0 aliphatic heterocycles. The Hall–Kier alpha value is -1.69. The molecule has 0 radical (unpaired) electrons. The van der Waals surface area contributed by atoms with Crippen LogP contribution < -0.4 is 10.5 Å². The first kappa shape index (κ1) is 8.89. The maximum absolute atomic E-state index is 5.50. The number of methoxy groups -OCH3 is 1. The summed E-state index contributed by atoms with van der Waals surface area (Å²) in [5.41, 5.74) is 6.93. The molecular weight excluding hydrogens is 182 g/mol. The standard InChI is InChI=1S/C8H11N5O/c1-5-3-6(14-2)8-11-10-7(4-9)13(8)12-5/h3H,4,9H2,1-2H3. The average molecular weight is 193 g/mol. The zero-order valence-corrected chi connectivity index (χ0v) is 8.06. The van der Waals surface area contributed by atoms with Gasteiger partial charge in [-0.05, 0) is 6.92 Å². The number of hydrogen-bond donors (Lipinski definition) is 1. The summed E-state index contributed by atoms with van der Waals surface area (Å²) in [5.74, 6) is 1.28. The molecule has 0 unspecified atom stereocenters. The lowest BCUT2D eigenvalue weighted by Crippen LogP contribution is -2.06. The molecule has 0 spiro atoms. The van der Waals surface area contributed by atoms with Crippen LogP contribution in [0, 0.1) is 6.92 Å². The van der Waals surface area contributed by atoms with Crippen molar-refractivity contribution in [2.45, 2.75) is 13.5 Å². The van der Waals surface area contributed by atoms with Gasteiger partial charge in [0, 0.05) is 6.07 Å². The molecule has 2 heterocycles. The first-order valence-electron chi connectivity index (χ1n) is 4.22. The van der Waals surface area contributed by atoms with Crippen LogP contribution in [-0.2, 0) is 6.54 Å². The van der Waals surface area contributed by atoms with E-state index in [0.717, 1.165) is 5.69 Å². The predicted octanol–water partition coefficient (Wildman–Crippen LogP) is -0.1000. The topological polar surface area (TPSA) is 78.3 Å². The summed E-state index contributed by atoms with van der Waals surface area (Å²) in [6, 6.07) is 1.81. The van der Waals surface area contributed by atoms with E-state index in [4.69, 9.17) is 10.5 Å². The molecule has 0 aliphatic rings.